The minimum absolute atomic E-state index is 0.189. The van der Waals surface area contributed by atoms with Gasteiger partial charge in [-0.05, 0) is 41.8 Å². The molecule has 3 heteroatoms. The first-order valence-corrected chi connectivity index (χ1v) is 6.30. The van der Waals surface area contributed by atoms with Crippen LogP contribution in [0.25, 0.3) is 5.57 Å². The van der Waals surface area contributed by atoms with Gasteiger partial charge in [0.05, 0.1) is 7.11 Å². The van der Waals surface area contributed by atoms with Gasteiger partial charge in [-0.2, -0.15) is 0 Å². The number of allylic oxidation sites excluding steroid dienone is 2. The fourth-order valence-corrected chi connectivity index (χ4v) is 1.88. The molecule has 0 unspecified atom stereocenters. The molecule has 0 radical (unpaired) electrons. The lowest BCUT2D eigenvalue weighted by Gasteiger charge is -2.03. The second-order valence-electron chi connectivity index (χ2n) is 4.38. The summed E-state index contributed by atoms with van der Waals surface area (Å²) in [6, 6.07) is 14.3. The van der Waals surface area contributed by atoms with Crippen LogP contribution in [0.4, 0.5) is 0 Å². The number of aromatic hydroxyl groups is 1. The molecular formula is C17H16O3. The molecule has 0 atom stereocenters. The van der Waals surface area contributed by atoms with Gasteiger partial charge in [0.15, 0.2) is 0 Å². The Morgan fingerprint density at radius 3 is 2.30 bits per heavy atom. The van der Waals surface area contributed by atoms with E-state index in [2.05, 4.69) is 0 Å². The van der Waals surface area contributed by atoms with E-state index < -0.39 is 0 Å². The van der Waals surface area contributed by atoms with E-state index in [0.717, 1.165) is 23.2 Å². The van der Waals surface area contributed by atoms with Gasteiger partial charge in [-0.3, -0.25) is 4.79 Å². The Morgan fingerprint density at radius 1 is 1.10 bits per heavy atom. The first-order valence-electron chi connectivity index (χ1n) is 6.30. The van der Waals surface area contributed by atoms with Crippen molar-refractivity contribution < 1.29 is 14.6 Å². The quantitative estimate of drug-likeness (QED) is 0.669. The molecule has 0 aliphatic carbocycles. The Hall–Kier alpha value is -2.55. The summed E-state index contributed by atoms with van der Waals surface area (Å²) in [7, 11) is 1.63. The molecule has 20 heavy (non-hydrogen) atoms. The van der Waals surface area contributed by atoms with Crippen molar-refractivity contribution in [1.82, 2.24) is 0 Å². The van der Waals surface area contributed by atoms with E-state index in [4.69, 9.17) is 4.74 Å². The van der Waals surface area contributed by atoms with Crippen molar-refractivity contribution in [3.63, 3.8) is 0 Å². The SMILES string of the molecule is COc1ccc(CC=C(C=O)c2ccc(O)cc2)cc1. The smallest absolute Gasteiger partial charge is 0.150 e. The van der Waals surface area contributed by atoms with E-state index in [9.17, 15) is 9.90 Å². The Kier molecular flexibility index (Phi) is 4.56. The molecule has 2 rings (SSSR count). The number of carbonyl (C=O) groups is 1. The number of benzene rings is 2. The van der Waals surface area contributed by atoms with E-state index in [1.54, 1.807) is 31.4 Å². The van der Waals surface area contributed by atoms with Crippen molar-refractivity contribution in [1.29, 1.82) is 0 Å². The Labute approximate surface area is 118 Å². The molecule has 0 amide bonds. The van der Waals surface area contributed by atoms with Crippen LogP contribution in [0, 0.1) is 0 Å². The summed E-state index contributed by atoms with van der Waals surface area (Å²) >= 11 is 0. The van der Waals surface area contributed by atoms with E-state index in [1.165, 1.54) is 0 Å². The summed E-state index contributed by atoms with van der Waals surface area (Å²) in [4.78, 5) is 11.2. The largest absolute Gasteiger partial charge is 0.508 e. The molecule has 0 fully saturated rings. The summed E-state index contributed by atoms with van der Waals surface area (Å²) in [5.41, 5.74) is 2.51. The van der Waals surface area contributed by atoms with E-state index in [0.29, 0.717) is 12.0 Å². The zero-order chi connectivity index (χ0) is 14.4. The maximum atomic E-state index is 11.2. The lowest BCUT2D eigenvalue weighted by molar-refractivity contribution is -0.103. The molecule has 1 N–H and O–H groups in total. The van der Waals surface area contributed by atoms with Crippen LogP contribution in [0.1, 0.15) is 11.1 Å². The molecule has 0 spiro atoms. The van der Waals surface area contributed by atoms with Gasteiger partial charge in [-0.15, -0.1) is 0 Å². The van der Waals surface area contributed by atoms with E-state index in [-0.39, 0.29) is 5.75 Å². The van der Waals surface area contributed by atoms with Crippen molar-refractivity contribution in [3.8, 4) is 11.5 Å². The predicted molar refractivity (Wildman–Crippen MR) is 78.8 cm³/mol. The third-order valence-corrected chi connectivity index (χ3v) is 3.04. The van der Waals surface area contributed by atoms with Gasteiger partial charge in [0.2, 0.25) is 0 Å². The average molecular weight is 268 g/mol. The van der Waals surface area contributed by atoms with Crippen molar-refractivity contribution in [2.24, 2.45) is 0 Å². The summed E-state index contributed by atoms with van der Waals surface area (Å²) < 4.78 is 5.10. The summed E-state index contributed by atoms with van der Waals surface area (Å²) in [5.74, 6) is 1.00. The molecule has 0 aliphatic heterocycles. The second-order valence-corrected chi connectivity index (χ2v) is 4.38. The number of ether oxygens (including phenoxy) is 1. The Balaban J connectivity index is 2.14. The highest BCUT2D eigenvalue weighted by molar-refractivity contribution is 6.06. The minimum atomic E-state index is 0.189. The average Bonchev–Trinajstić information content (AvgIpc) is 2.50. The number of hydrogen-bond acceptors (Lipinski definition) is 3. The highest BCUT2D eigenvalue weighted by atomic mass is 16.5. The number of phenols is 1. The van der Waals surface area contributed by atoms with Crippen molar-refractivity contribution in [3.05, 3.63) is 65.7 Å². The fourth-order valence-electron chi connectivity index (χ4n) is 1.88. The number of hydrogen-bond donors (Lipinski definition) is 1. The van der Waals surface area contributed by atoms with Gasteiger partial charge in [-0.25, -0.2) is 0 Å². The van der Waals surface area contributed by atoms with Crippen LogP contribution in [0.3, 0.4) is 0 Å². The van der Waals surface area contributed by atoms with E-state index >= 15 is 0 Å². The fraction of sp³-hybridized carbons (Fsp3) is 0.118. The summed E-state index contributed by atoms with van der Waals surface area (Å²) in [6.07, 6.45) is 3.37. The molecule has 0 saturated carbocycles. The molecule has 0 bridgehead atoms. The molecule has 3 nitrogen and oxygen atoms in total. The van der Waals surface area contributed by atoms with Gasteiger partial charge < -0.3 is 9.84 Å². The summed E-state index contributed by atoms with van der Waals surface area (Å²) in [6.45, 7) is 0. The van der Waals surface area contributed by atoms with Crippen LogP contribution >= 0.6 is 0 Å². The first-order chi connectivity index (χ1) is 9.72. The maximum absolute atomic E-state index is 11.2. The normalized spacial score (nSPS) is 11.2. The highest BCUT2D eigenvalue weighted by Gasteiger charge is 2.01. The third-order valence-electron chi connectivity index (χ3n) is 3.04. The lowest BCUT2D eigenvalue weighted by atomic mass is 10.0. The Bertz CT molecular complexity index is 595. The van der Waals surface area contributed by atoms with Gasteiger partial charge in [0.1, 0.15) is 17.8 Å². The molecule has 0 heterocycles. The number of methoxy groups -OCH3 is 1. The number of rotatable bonds is 5. The molecule has 2 aromatic carbocycles. The van der Waals surface area contributed by atoms with Gasteiger partial charge in [-0.1, -0.05) is 30.3 Å². The standard InChI is InChI=1S/C17H16O3/c1-20-17-10-3-13(4-11-17)2-5-15(12-18)14-6-8-16(19)9-7-14/h3-12,19H,2H2,1H3. The number of phenolic OH excluding ortho intramolecular Hbond substituents is 1. The molecule has 0 aliphatic rings. The van der Waals surface area contributed by atoms with Gasteiger partial charge in [0, 0.05) is 5.57 Å². The zero-order valence-electron chi connectivity index (χ0n) is 11.2. The predicted octanol–water partition coefficient (Wildman–Crippen LogP) is 3.23. The number of aldehydes is 1. The second kappa shape index (κ2) is 6.57. The monoisotopic (exact) mass is 268 g/mol. The van der Waals surface area contributed by atoms with Crippen LogP contribution in [-0.2, 0) is 11.2 Å². The molecule has 102 valence electrons. The van der Waals surface area contributed by atoms with Crippen LogP contribution in [0.2, 0.25) is 0 Å². The van der Waals surface area contributed by atoms with Crippen LogP contribution in [0.15, 0.2) is 54.6 Å². The van der Waals surface area contributed by atoms with Crippen LogP contribution in [-0.4, -0.2) is 18.5 Å². The lowest BCUT2D eigenvalue weighted by Crippen LogP contribution is -1.89. The topological polar surface area (TPSA) is 46.5 Å². The maximum Gasteiger partial charge on any atom is 0.150 e. The van der Waals surface area contributed by atoms with Crippen molar-refractivity contribution >= 4 is 11.9 Å². The Morgan fingerprint density at radius 2 is 1.75 bits per heavy atom. The number of carbonyl (C=O) groups excluding carboxylic acids is 1. The van der Waals surface area contributed by atoms with Crippen LogP contribution in [0.5, 0.6) is 11.5 Å². The van der Waals surface area contributed by atoms with Gasteiger partial charge in [0.25, 0.3) is 0 Å². The minimum Gasteiger partial charge on any atom is -0.508 e. The van der Waals surface area contributed by atoms with Crippen LogP contribution < -0.4 is 4.74 Å². The molecular weight excluding hydrogens is 252 g/mol. The van der Waals surface area contributed by atoms with Crippen molar-refractivity contribution in [2.75, 3.05) is 7.11 Å². The molecule has 0 saturated heterocycles. The first kappa shape index (κ1) is 13.9. The molecule has 0 aromatic heterocycles. The zero-order valence-corrected chi connectivity index (χ0v) is 11.2. The van der Waals surface area contributed by atoms with Crippen molar-refractivity contribution in [2.45, 2.75) is 6.42 Å². The summed E-state index contributed by atoms with van der Waals surface area (Å²) in [5, 5.41) is 9.25. The molecule has 2 aromatic rings. The van der Waals surface area contributed by atoms with Gasteiger partial charge >= 0.3 is 0 Å². The van der Waals surface area contributed by atoms with E-state index in [1.807, 2.05) is 30.3 Å². The third kappa shape index (κ3) is 3.48. The highest BCUT2D eigenvalue weighted by Crippen LogP contribution is 2.18.